The van der Waals surface area contributed by atoms with Crippen molar-refractivity contribution in [2.45, 2.75) is 5.60 Å². The van der Waals surface area contributed by atoms with Crippen molar-refractivity contribution in [1.82, 2.24) is 0 Å². The fourth-order valence-electron chi connectivity index (χ4n) is 2.94. The van der Waals surface area contributed by atoms with Gasteiger partial charge in [0.05, 0.1) is 6.26 Å². The van der Waals surface area contributed by atoms with Crippen LogP contribution in [-0.4, -0.2) is 22.8 Å². The zero-order valence-corrected chi connectivity index (χ0v) is 15.9. The van der Waals surface area contributed by atoms with Crippen molar-refractivity contribution in [3.8, 4) is 0 Å². The van der Waals surface area contributed by atoms with E-state index in [1.807, 2.05) is 0 Å². The fraction of sp³-hybridized carbons (Fsp3) is 0.0870. The largest absolute Gasteiger partial charge is 0.515 e. The molecule has 4 nitrogen and oxygen atoms in total. The number of aliphatic hydroxyl groups excluding tert-OH is 1. The molecule has 0 aliphatic heterocycles. The first-order chi connectivity index (χ1) is 14.8. The van der Waals surface area contributed by atoms with Gasteiger partial charge in [-0.1, -0.05) is 42.5 Å². The molecule has 8 heteroatoms. The van der Waals surface area contributed by atoms with Gasteiger partial charge in [-0.25, -0.2) is 22.4 Å². The second kappa shape index (κ2) is 9.01. The van der Waals surface area contributed by atoms with Crippen LogP contribution in [0.3, 0.4) is 0 Å². The molecule has 0 heterocycles. The van der Waals surface area contributed by atoms with E-state index >= 15 is 0 Å². The molecule has 2 N–H and O–H groups in total. The van der Waals surface area contributed by atoms with E-state index in [0.717, 1.165) is 12.1 Å². The summed E-state index contributed by atoms with van der Waals surface area (Å²) in [6, 6.07) is 12.6. The van der Waals surface area contributed by atoms with E-state index in [1.165, 1.54) is 0 Å². The van der Waals surface area contributed by atoms with Gasteiger partial charge < -0.3 is 14.9 Å². The molecule has 0 saturated carbocycles. The number of esters is 1. The molecule has 0 spiro atoms. The third-order valence-electron chi connectivity index (χ3n) is 4.63. The zero-order chi connectivity index (χ0) is 22.6. The Kier molecular flexibility index (Phi) is 6.41. The molecule has 31 heavy (non-hydrogen) atoms. The Hall–Kier alpha value is -3.65. The molecular formula is C23H16F4O4. The number of carbonyl (C=O) groups excluding carboxylic acids is 1. The zero-order valence-electron chi connectivity index (χ0n) is 15.9. The van der Waals surface area contributed by atoms with E-state index in [2.05, 4.69) is 0 Å². The summed E-state index contributed by atoms with van der Waals surface area (Å²) < 4.78 is 59.5. The molecule has 0 bridgehead atoms. The maximum Gasteiger partial charge on any atom is 0.348 e. The minimum absolute atomic E-state index is 0.173. The van der Waals surface area contributed by atoms with Crippen LogP contribution in [0.5, 0.6) is 0 Å². The molecule has 0 aliphatic carbocycles. The van der Waals surface area contributed by atoms with Crippen molar-refractivity contribution in [2.75, 3.05) is 6.61 Å². The van der Waals surface area contributed by atoms with Gasteiger partial charge >= 0.3 is 5.97 Å². The Labute approximate surface area is 174 Å². The second-order valence-corrected chi connectivity index (χ2v) is 6.56. The fourth-order valence-corrected chi connectivity index (χ4v) is 2.94. The van der Waals surface area contributed by atoms with E-state index in [4.69, 9.17) is 4.74 Å². The molecule has 0 saturated heterocycles. The summed E-state index contributed by atoms with van der Waals surface area (Å²) in [5.74, 6) is -6.59. The summed E-state index contributed by atoms with van der Waals surface area (Å²) in [6.07, 6.45) is 0.705. The molecule has 3 aromatic rings. The summed E-state index contributed by atoms with van der Waals surface area (Å²) in [6.45, 7) is -0.505. The molecule has 0 aliphatic rings. The summed E-state index contributed by atoms with van der Waals surface area (Å²) in [5.41, 5.74) is -3.03. The molecule has 0 fully saturated rings. The second-order valence-electron chi connectivity index (χ2n) is 6.56. The van der Waals surface area contributed by atoms with E-state index in [9.17, 15) is 32.6 Å². The van der Waals surface area contributed by atoms with Crippen LogP contribution in [0.15, 0.2) is 73.0 Å². The normalized spacial score (nSPS) is 12.0. The van der Waals surface area contributed by atoms with Crippen LogP contribution >= 0.6 is 0 Å². The van der Waals surface area contributed by atoms with Gasteiger partial charge in [-0.3, -0.25) is 0 Å². The first-order valence-electron chi connectivity index (χ1n) is 8.96. The van der Waals surface area contributed by atoms with Gasteiger partial charge in [-0.05, 0) is 29.8 Å². The van der Waals surface area contributed by atoms with Crippen LogP contribution in [0.2, 0.25) is 0 Å². The van der Waals surface area contributed by atoms with Crippen molar-refractivity contribution in [2.24, 2.45) is 0 Å². The lowest BCUT2D eigenvalue weighted by atomic mass is 9.86. The van der Waals surface area contributed by atoms with Gasteiger partial charge in [0, 0.05) is 16.7 Å². The highest BCUT2D eigenvalue weighted by atomic mass is 19.2. The molecule has 3 aromatic carbocycles. The maximum atomic E-state index is 13.8. The number of rotatable bonds is 6. The molecule has 0 unspecified atom stereocenters. The van der Waals surface area contributed by atoms with Crippen LogP contribution in [-0.2, 0) is 15.1 Å². The average Bonchev–Trinajstić information content (AvgIpc) is 2.78. The Morgan fingerprint density at radius 2 is 1.35 bits per heavy atom. The Bertz CT molecular complexity index is 1080. The van der Waals surface area contributed by atoms with E-state index in [0.29, 0.717) is 36.1 Å². The number of halogens is 4. The van der Waals surface area contributed by atoms with Gasteiger partial charge in [0.15, 0.2) is 23.3 Å². The number of carbonyl (C=O) groups is 1. The first kappa shape index (κ1) is 22.0. The van der Waals surface area contributed by atoms with Gasteiger partial charge in [0.2, 0.25) is 5.60 Å². The monoisotopic (exact) mass is 432 g/mol. The lowest BCUT2D eigenvalue weighted by Gasteiger charge is -2.27. The molecule has 0 radical (unpaired) electrons. The number of ether oxygens (including phenoxy) is 1. The SMILES string of the molecule is O=C(OC/C(=C/O)c1ccccc1)C(O)(c1ccc(F)c(F)c1)c1ccc(F)c(F)c1. The Balaban J connectivity index is 2.00. The van der Waals surface area contributed by atoms with Crippen LogP contribution in [0.4, 0.5) is 17.6 Å². The number of benzene rings is 3. The van der Waals surface area contributed by atoms with Crippen LogP contribution in [0.1, 0.15) is 16.7 Å². The molecule has 3 rings (SSSR count). The number of aliphatic hydroxyl groups is 2. The summed E-state index contributed by atoms with van der Waals surface area (Å²) >= 11 is 0. The van der Waals surface area contributed by atoms with Crippen molar-refractivity contribution in [3.63, 3.8) is 0 Å². The summed E-state index contributed by atoms with van der Waals surface area (Å²) in [5, 5.41) is 20.6. The third kappa shape index (κ3) is 4.44. The van der Waals surface area contributed by atoms with Gasteiger partial charge in [-0.15, -0.1) is 0 Å². The lowest BCUT2D eigenvalue weighted by molar-refractivity contribution is -0.160. The summed E-state index contributed by atoms with van der Waals surface area (Å²) in [4.78, 5) is 12.9. The minimum Gasteiger partial charge on any atom is -0.515 e. The summed E-state index contributed by atoms with van der Waals surface area (Å²) in [7, 11) is 0. The van der Waals surface area contributed by atoms with Gasteiger partial charge in [0.25, 0.3) is 0 Å². The smallest absolute Gasteiger partial charge is 0.348 e. The highest BCUT2D eigenvalue weighted by Crippen LogP contribution is 2.33. The lowest BCUT2D eigenvalue weighted by Crippen LogP contribution is -2.39. The molecular weight excluding hydrogens is 416 g/mol. The highest BCUT2D eigenvalue weighted by molar-refractivity contribution is 5.86. The van der Waals surface area contributed by atoms with E-state index < -0.39 is 52.6 Å². The van der Waals surface area contributed by atoms with Crippen molar-refractivity contribution >= 4 is 11.5 Å². The topological polar surface area (TPSA) is 66.8 Å². The number of hydrogen-bond acceptors (Lipinski definition) is 4. The molecule has 0 aromatic heterocycles. The van der Waals surface area contributed by atoms with Crippen molar-refractivity contribution in [3.05, 3.63) is 113 Å². The Morgan fingerprint density at radius 3 is 1.81 bits per heavy atom. The molecule has 160 valence electrons. The van der Waals surface area contributed by atoms with E-state index in [1.54, 1.807) is 30.3 Å². The standard InChI is InChI=1S/C23H16F4O4/c24-18-8-6-16(10-20(18)26)23(30,17-7-9-19(25)21(27)11-17)22(29)31-13-15(12-28)14-4-2-1-3-5-14/h1-12,28,30H,13H2/b15-12-. The van der Waals surface area contributed by atoms with Gasteiger partial charge in [0.1, 0.15) is 6.61 Å². The van der Waals surface area contributed by atoms with Gasteiger partial charge in [-0.2, -0.15) is 0 Å². The minimum atomic E-state index is -2.79. The molecule has 0 amide bonds. The first-order valence-corrected chi connectivity index (χ1v) is 8.96. The third-order valence-corrected chi connectivity index (χ3v) is 4.63. The quantitative estimate of drug-likeness (QED) is 0.339. The van der Waals surface area contributed by atoms with Crippen LogP contribution in [0, 0.1) is 23.3 Å². The highest BCUT2D eigenvalue weighted by Gasteiger charge is 2.43. The predicted octanol–water partition coefficient (Wildman–Crippen LogP) is 4.62. The van der Waals surface area contributed by atoms with Crippen LogP contribution < -0.4 is 0 Å². The maximum absolute atomic E-state index is 13.8. The average molecular weight is 432 g/mol. The van der Waals surface area contributed by atoms with Crippen molar-refractivity contribution < 1.29 is 37.3 Å². The van der Waals surface area contributed by atoms with E-state index in [-0.39, 0.29) is 5.57 Å². The van der Waals surface area contributed by atoms with Crippen molar-refractivity contribution in [1.29, 1.82) is 0 Å². The molecule has 0 atom stereocenters. The predicted molar refractivity (Wildman–Crippen MR) is 104 cm³/mol. The number of hydrogen-bond donors (Lipinski definition) is 2. The Morgan fingerprint density at radius 1 is 0.839 bits per heavy atom. The van der Waals surface area contributed by atoms with Crippen LogP contribution in [0.25, 0.3) is 5.57 Å².